The van der Waals surface area contributed by atoms with Gasteiger partial charge in [0, 0.05) is 5.56 Å². The van der Waals surface area contributed by atoms with Crippen molar-refractivity contribution in [3.05, 3.63) is 71.8 Å². The zero-order valence-electron chi connectivity index (χ0n) is 13.7. The minimum atomic E-state index is -0.293. The number of benzene rings is 3. The molecule has 1 heterocycles. The number of rotatable bonds is 3. The zero-order valence-corrected chi connectivity index (χ0v) is 13.7. The van der Waals surface area contributed by atoms with Crippen LogP contribution in [0.5, 0.6) is 11.5 Å². The summed E-state index contributed by atoms with van der Waals surface area (Å²) in [5.41, 5.74) is 4.76. The molecule has 5 nitrogen and oxygen atoms in total. The third kappa shape index (κ3) is 3.04. The highest BCUT2D eigenvalue weighted by atomic mass is 16.7. The lowest BCUT2D eigenvalue weighted by molar-refractivity contribution is 0.0954. The molecule has 1 aliphatic heterocycles. The van der Waals surface area contributed by atoms with Crippen LogP contribution in [-0.4, -0.2) is 18.4 Å². The molecule has 25 heavy (non-hydrogen) atoms. The minimum Gasteiger partial charge on any atom is -0.454 e. The van der Waals surface area contributed by atoms with Crippen molar-refractivity contribution < 1.29 is 14.3 Å². The summed E-state index contributed by atoms with van der Waals surface area (Å²) in [6.07, 6.45) is 0. The third-order valence-corrected chi connectivity index (χ3v) is 4.13. The smallest absolute Gasteiger partial charge is 0.271 e. The fraction of sp³-hybridized carbons (Fsp3) is 0.100. The number of carbonyl (C=O) groups is 1. The molecule has 0 saturated carbocycles. The predicted octanol–water partition coefficient (Wildman–Crippen LogP) is 3.72. The first-order valence-corrected chi connectivity index (χ1v) is 7.94. The fourth-order valence-electron chi connectivity index (χ4n) is 2.72. The van der Waals surface area contributed by atoms with Gasteiger partial charge in [-0.05, 0) is 47.5 Å². The second-order valence-electron chi connectivity index (χ2n) is 5.77. The van der Waals surface area contributed by atoms with E-state index < -0.39 is 0 Å². The van der Waals surface area contributed by atoms with Crippen molar-refractivity contribution in [2.75, 3.05) is 6.79 Å². The summed E-state index contributed by atoms with van der Waals surface area (Å²) in [5.74, 6) is 0.925. The number of nitrogens with one attached hydrogen (secondary N) is 1. The van der Waals surface area contributed by atoms with E-state index in [1.807, 2.05) is 31.2 Å². The largest absolute Gasteiger partial charge is 0.454 e. The number of hydrazone groups is 1. The highest BCUT2D eigenvalue weighted by molar-refractivity contribution is 6.03. The highest BCUT2D eigenvalue weighted by Gasteiger charge is 2.16. The van der Waals surface area contributed by atoms with E-state index in [0.29, 0.717) is 17.1 Å². The molecule has 0 fully saturated rings. The molecule has 0 radical (unpaired) electrons. The minimum absolute atomic E-state index is 0.180. The molecule has 0 aliphatic carbocycles. The quantitative estimate of drug-likeness (QED) is 0.587. The molecule has 0 aromatic heterocycles. The number of ether oxygens (including phenoxy) is 2. The molecule has 4 rings (SSSR count). The van der Waals surface area contributed by atoms with Crippen LogP contribution in [0.4, 0.5) is 0 Å². The lowest BCUT2D eigenvalue weighted by atomic mass is 10.0. The van der Waals surface area contributed by atoms with Gasteiger partial charge < -0.3 is 9.47 Å². The maximum atomic E-state index is 12.3. The Bertz CT molecular complexity index is 995. The summed E-state index contributed by atoms with van der Waals surface area (Å²) < 4.78 is 10.5. The summed E-state index contributed by atoms with van der Waals surface area (Å²) in [5, 5.41) is 6.52. The Morgan fingerprint density at radius 1 is 0.920 bits per heavy atom. The maximum absolute atomic E-state index is 12.3. The lowest BCUT2D eigenvalue weighted by Gasteiger charge is -2.05. The number of fused-ring (bicyclic) bond motifs is 2. The molecule has 0 unspecified atom stereocenters. The summed E-state index contributed by atoms with van der Waals surface area (Å²) >= 11 is 0. The molecule has 0 saturated heterocycles. The van der Waals surface area contributed by atoms with Crippen LogP contribution in [0.25, 0.3) is 10.8 Å². The van der Waals surface area contributed by atoms with Gasteiger partial charge in [-0.25, -0.2) is 5.43 Å². The van der Waals surface area contributed by atoms with Crippen molar-refractivity contribution in [2.45, 2.75) is 6.92 Å². The van der Waals surface area contributed by atoms with Gasteiger partial charge in [0.05, 0.1) is 5.71 Å². The molecular formula is C20H16N2O3. The summed E-state index contributed by atoms with van der Waals surface area (Å²) in [6.45, 7) is 2.05. The third-order valence-electron chi connectivity index (χ3n) is 4.13. The van der Waals surface area contributed by atoms with Crippen LogP contribution in [0.15, 0.2) is 65.8 Å². The average molecular weight is 332 g/mol. The first kappa shape index (κ1) is 15.2. The van der Waals surface area contributed by atoms with Crippen molar-refractivity contribution in [1.29, 1.82) is 0 Å². The molecule has 124 valence electrons. The molecule has 1 amide bonds. The van der Waals surface area contributed by atoms with Gasteiger partial charge in [0.25, 0.3) is 5.91 Å². The van der Waals surface area contributed by atoms with Gasteiger partial charge in [-0.2, -0.15) is 5.10 Å². The van der Waals surface area contributed by atoms with Crippen LogP contribution >= 0.6 is 0 Å². The van der Waals surface area contributed by atoms with Gasteiger partial charge in [-0.3, -0.25) is 4.79 Å². The lowest BCUT2D eigenvalue weighted by Crippen LogP contribution is -2.19. The second kappa shape index (κ2) is 6.28. The Labute approximate surface area is 144 Å². The van der Waals surface area contributed by atoms with Crippen molar-refractivity contribution in [3.63, 3.8) is 0 Å². The fourth-order valence-corrected chi connectivity index (χ4v) is 2.72. The van der Waals surface area contributed by atoms with E-state index in [4.69, 9.17) is 9.47 Å². The number of hydrogen-bond donors (Lipinski definition) is 1. The second-order valence-corrected chi connectivity index (χ2v) is 5.77. The standard InChI is InChI=1S/C20H16N2O3/c1-13(15-7-6-14-4-2-3-5-16(14)10-15)21-22-20(23)17-8-9-18-19(11-17)25-12-24-18/h2-11H,12H2,1H3,(H,22,23). The summed E-state index contributed by atoms with van der Waals surface area (Å²) in [6, 6.07) is 19.3. The molecule has 3 aromatic rings. The van der Waals surface area contributed by atoms with Gasteiger partial charge in [0.1, 0.15) is 0 Å². The highest BCUT2D eigenvalue weighted by Crippen LogP contribution is 2.32. The van der Waals surface area contributed by atoms with Gasteiger partial charge >= 0.3 is 0 Å². The first-order chi connectivity index (χ1) is 12.2. The monoisotopic (exact) mass is 332 g/mol. The van der Waals surface area contributed by atoms with Gasteiger partial charge in [0.2, 0.25) is 6.79 Å². The van der Waals surface area contributed by atoms with Crippen molar-refractivity contribution in [2.24, 2.45) is 5.10 Å². The van der Waals surface area contributed by atoms with Crippen LogP contribution < -0.4 is 14.9 Å². The average Bonchev–Trinajstić information content (AvgIpc) is 3.13. The molecule has 5 heteroatoms. The van der Waals surface area contributed by atoms with Crippen molar-refractivity contribution in [1.82, 2.24) is 5.43 Å². The number of nitrogens with zero attached hydrogens (tertiary/aromatic N) is 1. The first-order valence-electron chi connectivity index (χ1n) is 7.94. The van der Waals surface area contributed by atoms with E-state index in [9.17, 15) is 4.79 Å². The normalized spacial score (nSPS) is 13.1. The van der Waals surface area contributed by atoms with Crippen LogP contribution in [0.2, 0.25) is 0 Å². The van der Waals surface area contributed by atoms with Crippen molar-refractivity contribution >= 4 is 22.4 Å². The topological polar surface area (TPSA) is 59.9 Å². The van der Waals surface area contributed by atoms with Crippen molar-refractivity contribution in [3.8, 4) is 11.5 Å². The maximum Gasteiger partial charge on any atom is 0.271 e. The number of amides is 1. The molecule has 0 atom stereocenters. The molecule has 3 aromatic carbocycles. The molecule has 0 spiro atoms. The van der Waals surface area contributed by atoms with E-state index in [1.165, 1.54) is 5.39 Å². The Hall–Kier alpha value is -3.34. The van der Waals surface area contributed by atoms with E-state index >= 15 is 0 Å². The predicted molar refractivity (Wildman–Crippen MR) is 96.2 cm³/mol. The Kier molecular flexibility index (Phi) is 3.82. The SMILES string of the molecule is CC(=NNC(=O)c1ccc2c(c1)OCO2)c1ccc2ccccc2c1. The summed E-state index contributed by atoms with van der Waals surface area (Å²) in [7, 11) is 0. The van der Waals surface area contributed by atoms with Crippen LogP contribution in [0.1, 0.15) is 22.8 Å². The van der Waals surface area contributed by atoms with Gasteiger partial charge in [0.15, 0.2) is 11.5 Å². The van der Waals surface area contributed by atoms with Gasteiger partial charge in [-0.15, -0.1) is 0 Å². The zero-order chi connectivity index (χ0) is 17.2. The van der Waals surface area contributed by atoms with Crippen LogP contribution in [0.3, 0.4) is 0 Å². The van der Waals surface area contributed by atoms with E-state index in [1.54, 1.807) is 18.2 Å². The van der Waals surface area contributed by atoms with Crippen LogP contribution in [0, 0.1) is 0 Å². The summed E-state index contributed by atoms with van der Waals surface area (Å²) in [4.78, 5) is 12.3. The molecule has 1 aliphatic rings. The Morgan fingerprint density at radius 3 is 2.56 bits per heavy atom. The molecule has 1 N–H and O–H groups in total. The number of hydrogen-bond acceptors (Lipinski definition) is 4. The van der Waals surface area contributed by atoms with Crippen LogP contribution in [-0.2, 0) is 0 Å². The Balaban J connectivity index is 1.52. The molecular weight excluding hydrogens is 316 g/mol. The van der Waals surface area contributed by atoms with E-state index in [0.717, 1.165) is 16.7 Å². The van der Waals surface area contributed by atoms with E-state index in [2.05, 4.69) is 28.7 Å². The van der Waals surface area contributed by atoms with E-state index in [-0.39, 0.29) is 12.7 Å². The Morgan fingerprint density at radius 2 is 1.68 bits per heavy atom. The number of carbonyl (C=O) groups excluding carboxylic acids is 1. The van der Waals surface area contributed by atoms with Gasteiger partial charge in [-0.1, -0.05) is 36.4 Å². The molecule has 0 bridgehead atoms.